The molecule has 158 valence electrons. The van der Waals surface area contributed by atoms with Crippen molar-refractivity contribution in [1.29, 1.82) is 0 Å². The van der Waals surface area contributed by atoms with Gasteiger partial charge in [-0.1, -0.05) is 12.1 Å². The van der Waals surface area contributed by atoms with Gasteiger partial charge in [0, 0.05) is 23.2 Å². The number of anilines is 1. The highest BCUT2D eigenvalue weighted by Gasteiger charge is 2.17. The Bertz CT molecular complexity index is 1130. The molecule has 1 N–H and O–H groups in total. The maximum atomic E-state index is 13.1. The van der Waals surface area contributed by atoms with Crippen molar-refractivity contribution in [3.8, 4) is 11.3 Å². The Hall–Kier alpha value is -2.62. The van der Waals surface area contributed by atoms with Crippen molar-refractivity contribution in [2.75, 3.05) is 25.2 Å². The first-order chi connectivity index (χ1) is 14.1. The van der Waals surface area contributed by atoms with Crippen molar-refractivity contribution < 1.29 is 17.6 Å². The van der Waals surface area contributed by atoms with E-state index in [1.165, 1.54) is 29.7 Å². The highest BCUT2D eigenvalue weighted by molar-refractivity contribution is 7.90. The molecular weight excluding hydrogens is 425 g/mol. The van der Waals surface area contributed by atoms with Crippen LogP contribution in [-0.4, -0.2) is 44.1 Å². The second-order valence-corrected chi connectivity index (χ2v) is 9.90. The van der Waals surface area contributed by atoms with Gasteiger partial charge in [0.05, 0.1) is 17.1 Å². The third-order valence-electron chi connectivity index (χ3n) is 4.74. The molecule has 3 rings (SSSR count). The Balaban J connectivity index is 1.59. The van der Waals surface area contributed by atoms with E-state index in [9.17, 15) is 17.6 Å². The predicted molar refractivity (Wildman–Crippen MR) is 117 cm³/mol. The average Bonchev–Trinajstić information content (AvgIpc) is 3.15. The molecule has 0 saturated carbocycles. The highest BCUT2D eigenvalue weighted by Crippen LogP contribution is 2.25. The van der Waals surface area contributed by atoms with Gasteiger partial charge in [-0.05, 0) is 55.9 Å². The number of hydrogen-bond donors (Lipinski definition) is 1. The lowest BCUT2D eigenvalue weighted by atomic mass is 10.1. The number of benzene rings is 2. The van der Waals surface area contributed by atoms with Gasteiger partial charge in [0.15, 0.2) is 15.0 Å². The second kappa shape index (κ2) is 9.03. The normalized spacial score (nSPS) is 12.7. The first-order valence-corrected chi connectivity index (χ1v) is 11.9. The number of nitrogens with zero attached hydrogens (tertiary/aromatic N) is 2. The number of aromatic nitrogens is 1. The number of thiazole rings is 1. The maximum absolute atomic E-state index is 13.1. The maximum Gasteiger partial charge on any atom is 0.240 e. The molecule has 2 aromatic carbocycles. The molecule has 0 radical (unpaired) electrons. The van der Waals surface area contributed by atoms with E-state index in [1.807, 2.05) is 18.9 Å². The zero-order valence-electron chi connectivity index (χ0n) is 16.8. The van der Waals surface area contributed by atoms with Crippen LogP contribution in [-0.2, 0) is 14.6 Å². The molecule has 0 aliphatic carbocycles. The standard InChI is InChI=1S/C21H22FN3O3S2/c1-14(15-6-10-18(11-7-15)30(3,27)28)25(2)12-20(26)24-21-23-19(13-29-21)16-4-8-17(22)9-5-16/h4-11,13-14H,12H2,1-3H3,(H,23,24,26). The van der Waals surface area contributed by atoms with Crippen molar-refractivity contribution in [1.82, 2.24) is 9.88 Å². The number of hydrogen-bond acceptors (Lipinski definition) is 6. The van der Waals surface area contributed by atoms with E-state index in [0.717, 1.165) is 11.1 Å². The van der Waals surface area contributed by atoms with Gasteiger partial charge in [-0.25, -0.2) is 17.8 Å². The summed E-state index contributed by atoms with van der Waals surface area (Å²) < 4.78 is 36.2. The zero-order chi connectivity index (χ0) is 21.9. The van der Waals surface area contributed by atoms with E-state index >= 15 is 0 Å². The fraction of sp³-hybridized carbons (Fsp3) is 0.238. The predicted octanol–water partition coefficient (Wildman–Crippen LogP) is 3.98. The zero-order valence-corrected chi connectivity index (χ0v) is 18.4. The van der Waals surface area contributed by atoms with E-state index in [-0.39, 0.29) is 29.2 Å². The molecule has 0 saturated heterocycles. The molecule has 30 heavy (non-hydrogen) atoms. The number of rotatable bonds is 7. The van der Waals surface area contributed by atoms with Gasteiger partial charge >= 0.3 is 0 Å². The summed E-state index contributed by atoms with van der Waals surface area (Å²) in [4.78, 5) is 18.9. The Labute approximate surface area is 179 Å². The van der Waals surface area contributed by atoms with E-state index < -0.39 is 9.84 Å². The summed E-state index contributed by atoms with van der Waals surface area (Å²) >= 11 is 1.30. The topological polar surface area (TPSA) is 79.4 Å². The smallest absolute Gasteiger partial charge is 0.240 e. The number of sulfone groups is 1. The quantitative estimate of drug-likeness (QED) is 0.593. The Morgan fingerprint density at radius 1 is 1.17 bits per heavy atom. The summed E-state index contributed by atoms with van der Waals surface area (Å²) in [5.41, 5.74) is 2.35. The van der Waals surface area contributed by atoms with Crippen LogP contribution >= 0.6 is 11.3 Å². The monoisotopic (exact) mass is 447 g/mol. The van der Waals surface area contributed by atoms with Crippen molar-refractivity contribution in [3.63, 3.8) is 0 Å². The van der Waals surface area contributed by atoms with Crippen LogP contribution < -0.4 is 5.32 Å². The number of halogens is 1. The van der Waals surface area contributed by atoms with Gasteiger partial charge in [0.25, 0.3) is 0 Å². The van der Waals surface area contributed by atoms with Crippen LogP contribution in [0.3, 0.4) is 0 Å². The minimum atomic E-state index is -3.24. The summed E-state index contributed by atoms with van der Waals surface area (Å²) in [6, 6.07) is 12.6. The fourth-order valence-corrected chi connectivity index (χ4v) is 4.22. The summed E-state index contributed by atoms with van der Waals surface area (Å²) in [5.74, 6) is -0.525. The largest absolute Gasteiger partial charge is 0.301 e. The van der Waals surface area contributed by atoms with Crippen molar-refractivity contribution in [2.24, 2.45) is 0 Å². The van der Waals surface area contributed by atoms with Crippen LogP contribution in [0.25, 0.3) is 11.3 Å². The highest BCUT2D eigenvalue weighted by atomic mass is 32.2. The number of carbonyl (C=O) groups excluding carboxylic acids is 1. The number of carbonyl (C=O) groups is 1. The molecule has 0 aliphatic heterocycles. The van der Waals surface area contributed by atoms with E-state index in [2.05, 4.69) is 10.3 Å². The van der Waals surface area contributed by atoms with Gasteiger partial charge in [0.2, 0.25) is 5.91 Å². The lowest BCUT2D eigenvalue weighted by molar-refractivity contribution is -0.117. The molecular formula is C21H22FN3O3S2. The van der Waals surface area contributed by atoms with Crippen molar-refractivity contribution in [3.05, 3.63) is 65.3 Å². The van der Waals surface area contributed by atoms with Crippen LogP contribution in [0, 0.1) is 5.82 Å². The van der Waals surface area contributed by atoms with Crippen molar-refractivity contribution >= 4 is 32.2 Å². The first-order valence-electron chi connectivity index (χ1n) is 9.15. The van der Waals surface area contributed by atoms with Gasteiger partial charge < -0.3 is 5.32 Å². The molecule has 0 fully saturated rings. The molecule has 6 nitrogen and oxygen atoms in total. The summed E-state index contributed by atoms with van der Waals surface area (Å²) in [6.07, 6.45) is 1.17. The van der Waals surface area contributed by atoms with Crippen LogP contribution in [0.5, 0.6) is 0 Å². The van der Waals surface area contributed by atoms with Crippen LogP contribution in [0.15, 0.2) is 58.8 Å². The molecule has 9 heteroatoms. The fourth-order valence-electron chi connectivity index (χ4n) is 2.85. The van der Waals surface area contributed by atoms with Gasteiger partial charge in [-0.3, -0.25) is 9.69 Å². The Kier molecular flexibility index (Phi) is 6.64. The van der Waals surface area contributed by atoms with Gasteiger partial charge in [-0.15, -0.1) is 11.3 Å². The molecule has 1 heterocycles. The van der Waals surface area contributed by atoms with Crippen LogP contribution in [0.2, 0.25) is 0 Å². The first kappa shape index (κ1) is 22.1. The van der Waals surface area contributed by atoms with Crippen molar-refractivity contribution in [2.45, 2.75) is 17.9 Å². The number of likely N-dealkylation sites (N-methyl/N-ethyl adjacent to an activating group) is 1. The minimum Gasteiger partial charge on any atom is -0.301 e. The molecule has 0 spiro atoms. The molecule has 1 aromatic heterocycles. The lowest BCUT2D eigenvalue weighted by Gasteiger charge is -2.24. The summed E-state index contributed by atoms with van der Waals surface area (Å²) in [7, 11) is -1.42. The Morgan fingerprint density at radius 3 is 2.40 bits per heavy atom. The average molecular weight is 448 g/mol. The SMILES string of the molecule is CC(c1ccc(S(C)(=O)=O)cc1)N(C)CC(=O)Nc1nc(-c2ccc(F)cc2)cs1. The minimum absolute atomic E-state index is 0.0876. The second-order valence-electron chi connectivity index (χ2n) is 7.03. The molecule has 0 aliphatic rings. The van der Waals surface area contributed by atoms with Gasteiger partial charge in [-0.2, -0.15) is 0 Å². The third-order valence-corrected chi connectivity index (χ3v) is 6.62. The molecule has 1 unspecified atom stereocenters. The van der Waals surface area contributed by atoms with E-state index in [4.69, 9.17) is 0 Å². The van der Waals surface area contributed by atoms with E-state index in [0.29, 0.717) is 10.8 Å². The molecule has 3 aromatic rings. The van der Waals surface area contributed by atoms with Crippen LogP contribution in [0.1, 0.15) is 18.5 Å². The van der Waals surface area contributed by atoms with Crippen LogP contribution in [0.4, 0.5) is 9.52 Å². The number of nitrogens with one attached hydrogen (secondary N) is 1. The number of amides is 1. The lowest BCUT2D eigenvalue weighted by Crippen LogP contribution is -2.32. The molecule has 1 amide bonds. The van der Waals surface area contributed by atoms with E-state index in [1.54, 1.807) is 41.8 Å². The Morgan fingerprint density at radius 2 is 1.80 bits per heavy atom. The molecule has 0 bridgehead atoms. The third kappa shape index (κ3) is 5.50. The summed E-state index contributed by atoms with van der Waals surface area (Å²) in [6.45, 7) is 2.08. The van der Waals surface area contributed by atoms with Gasteiger partial charge in [0.1, 0.15) is 5.82 Å². The molecule has 1 atom stereocenters. The summed E-state index contributed by atoms with van der Waals surface area (Å²) in [5, 5.41) is 5.06.